The minimum atomic E-state index is -3.90. The van der Waals surface area contributed by atoms with Crippen LogP contribution in [0.2, 0.25) is 0 Å². The highest BCUT2D eigenvalue weighted by molar-refractivity contribution is 7.50. The van der Waals surface area contributed by atoms with Crippen LogP contribution in [0.1, 0.15) is 24.8 Å². The van der Waals surface area contributed by atoms with Gasteiger partial charge in [0.05, 0.1) is 6.17 Å². The maximum atomic E-state index is 12.1. The second kappa shape index (κ2) is 8.04. The maximum Gasteiger partial charge on any atom is 0.406 e. The van der Waals surface area contributed by atoms with Crippen molar-refractivity contribution in [2.75, 3.05) is 13.7 Å². The number of nitrogens with zero attached hydrogens (tertiary/aromatic N) is 1. The Kier molecular flexibility index (Phi) is 6.33. The highest BCUT2D eigenvalue weighted by Gasteiger charge is 2.38. The van der Waals surface area contributed by atoms with Crippen LogP contribution in [0.5, 0.6) is 0 Å². The number of benzene rings is 1. The lowest BCUT2D eigenvalue weighted by Gasteiger charge is -2.38. The van der Waals surface area contributed by atoms with Crippen molar-refractivity contribution in [1.29, 1.82) is 0 Å². The lowest BCUT2D eigenvalue weighted by molar-refractivity contribution is -0.140. The van der Waals surface area contributed by atoms with Crippen LogP contribution in [0.15, 0.2) is 30.3 Å². The molecule has 1 aliphatic heterocycles. The molecule has 8 heteroatoms. The Morgan fingerprint density at radius 3 is 2.74 bits per heavy atom. The van der Waals surface area contributed by atoms with Crippen molar-refractivity contribution in [3.8, 4) is 0 Å². The Morgan fingerprint density at radius 2 is 2.13 bits per heavy atom. The van der Waals surface area contributed by atoms with Gasteiger partial charge in [-0.15, -0.1) is 0 Å². The van der Waals surface area contributed by atoms with Gasteiger partial charge in [-0.1, -0.05) is 30.3 Å². The van der Waals surface area contributed by atoms with Gasteiger partial charge in [0.25, 0.3) is 0 Å². The van der Waals surface area contributed by atoms with E-state index in [-0.39, 0.29) is 0 Å². The highest BCUT2D eigenvalue weighted by atomic mass is 31.2. The van der Waals surface area contributed by atoms with Crippen molar-refractivity contribution >= 4 is 13.7 Å². The summed E-state index contributed by atoms with van der Waals surface area (Å²) in [5.41, 5.74) is 0.897. The molecule has 1 fully saturated rings. The molecule has 1 saturated heterocycles. The number of carbonyl (C=O) groups is 1. The predicted molar refractivity (Wildman–Crippen MR) is 85.9 cm³/mol. The van der Waals surface area contributed by atoms with Crippen LogP contribution < -0.4 is 5.32 Å². The van der Waals surface area contributed by atoms with Crippen LogP contribution in [-0.4, -0.2) is 46.5 Å². The molecule has 0 aromatic heterocycles. The summed E-state index contributed by atoms with van der Waals surface area (Å²) in [6.45, 7) is 0.400. The molecule has 7 nitrogen and oxygen atoms in total. The molecule has 0 radical (unpaired) electrons. The summed E-state index contributed by atoms with van der Waals surface area (Å²) in [5.74, 6) is -0.982. The Hall–Kier alpha value is -1.24. The molecule has 3 atom stereocenters. The minimum absolute atomic E-state index is 0.309. The van der Waals surface area contributed by atoms with Gasteiger partial charge < -0.3 is 14.5 Å². The van der Waals surface area contributed by atoms with Crippen molar-refractivity contribution < 1.29 is 23.9 Å². The number of rotatable bonds is 7. The van der Waals surface area contributed by atoms with Gasteiger partial charge in [0.2, 0.25) is 0 Å². The normalized spacial score (nSPS) is 23.1. The zero-order valence-corrected chi connectivity index (χ0v) is 14.0. The smallest absolute Gasteiger partial charge is 0.406 e. The van der Waals surface area contributed by atoms with Gasteiger partial charge in [0.15, 0.2) is 0 Å². The van der Waals surface area contributed by atoms with Crippen LogP contribution in [0, 0.1) is 0 Å². The molecule has 2 rings (SSSR count). The number of aliphatic carboxylic acids is 1. The van der Waals surface area contributed by atoms with E-state index in [0.717, 1.165) is 18.4 Å². The Bertz CT molecular complexity index is 568. The van der Waals surface area contributed by atoms with Crippen molar-refractivity contribution in [3.05, 3.63) is 35.9 Å². The molecule has 2 unspecified atom stereocenters. The number of carboxylic acids is 1. The van der Waals surface area contributed by atoms with Gasteiger partial charge in [0.1, 0.15) is 6.04 Å². The molecule has 1 aromatic carbocycles. The average Bonchev–Trinajstić information content (AvgIpc) is 2.55. The fourth-order valence-corrected chi connectivity index (χ4v) is 3.93. The van der Waals surface area contributed by atoms with Crippen molar-refractivity contribution in [3.63, 3.8) is 0 Å². The van der Waals surface area contributed by atoms with Gasteiger partial charge in [-0.25, -0.2) is 4.57 Å². The first-order valence-electron chi connectivity index (χ1n) is 7.62. The molecule has 0 aliphatic carbocycles. The zero-order valence-electron chi connectivity index (χ0n) is 13.1. The monoisotopic (exact) mass is 342 g/mol. The molecule has 0 amide bonds. The molecule has 1 aliphatic rings. The lowest BCUT2D eigenvalue weighted by Crippen LogP contribution is -2.53. The topological polar surface area (TPSA) is 99.1 Å². The van der Waals surface area contributed by atoms with E-state index in [1.54, 1.807) is 0 Å². The van der Waals surface area contributed by atoms with E-state index < -0.39 is 25.9 Å². The van der Waals surface area contributed by atoms with Gasteiger partial charge in [-0.3, -0.25) is 10.1 Å². The van der Waals surface area contributed by atoms with E-state index in [2.05, 4.69) is 5.32 Å². The quantitative estimate of drug-likeness (QED) is 0.650. The zero-order chi connectivity index (χ0) is 16.9. The number of carboxylic acid groups (broad SMARTS) is 1. The fourth-order valence-electron chi connectivity index (χ4n) is 2.79. The Morgan fingerprint density at radius 1 is 1.43 bits per heavy atom. The third kappa shape index (κ3) is 4.86. The van der Waals surface area contributed by atoms with Crippen LogP contribution in [-0.2, 0) is 20.3 Å². The molecule has 23 heavy (non-hydrogen) atoms. The first kappa shape index (κ1) is 18.1. The summed E-state index contributed by atoms with van der Waals surface area (Å²) in [6, 6.07) is 8.47. The fraction of sp³-hybridized carbons (Fsp3) is 0.533. The highest BCUT2D eigenvalue weighted by Crippen LogP contribution is 2.48. The van der Waals surface area contributed by atoms with E-state index in [1.807, 2.05) is 30.3 Å². The molecular weight excluding hydrogens is 319 g/mol. The molecule has 3 N–H and O–H groups in total. The summed E-state index contributed by atoms with van der Waals surface area (Å²) in [7, 11) is -2.71. The van der Waals surface area contributed by atoms with Gasteiger partial charge >= 0.3 is 13.7 Å². The lowest BCUT2D eigenvalue weighted by atomic mass is 10.0. The molecule has 0 saturated carbocycles. The SMILES string of the molecule is COP(=O)(O)N1CCCCC1N[C@@H](Cc1ccccc1)C(=O)O. The van der Waals surface area contributed by atoms with E-state index in [4.69, 9.17) is 4.52 Å². The number of piperidine rings is 1. The first-order chi connectivity index (χ1) is 10.9. The van der Waals surface area contributed by atoms with Gasteiger partial charge in [-0.05, 0) is 31.2 Å². The van der Waals surface area contributed by atoms with E-state index >= 15 is 0 Å². The summed E-state index contributed by atoms with van der Waals surface area (Å²) < 4.78 is 18.2. The average molecular weight is 342 g/mol. The summed E-state index contributed by atoms with van der Waals surface area (Å²) in [5, 5.41) is 12.5. The summed E-state index contributed by atoms with van der Waals surface area (Å²) in [4.78, 5) is 21.5. The largest absolute Gasteiger partial charge is 0.480 e. The third-order valence-corrected chi connectivity index (χ3v) is 5.62. The van der Waals surface area contributed by atoms with E-state index in [1.165, 1.54) is 11.8 Å². The maximum absolute atomic E-state index is 12.1. The van der Waals surface area contributed by atoms with Crippen molar-refractivity contribution in [1.82, 2.24) is 9.99 Å². The second-order valence-electron chi connectivity index (χ2n) is 5.60. The minimum Gasteiger partial charge on any atom is -0.480 e. The van der Waals surface area contributed by atoms with Crippen LogP contribution in [0.25, 0.3) is 0 Å². The van der Waals surface area contributed by atoms with Gasteiger partial charge in [-0.2, -0.15) is 4.67 Å². The second-order valence-corrected chi connectivity index (χ2v) is 7.46. The number of hydrogen-bond acceptors (Lipinski definition) is 4. The standard InChI is InChI=1S/C15H23N2O5P/c1-22-23(20,21)17-10-6-5-9-14(17)16-13(15(18)19)11-12-7-3-2-4-8-12/h2-4,7-8,13-14,16H,5-6,9-11H2,1H3,(H,18,19)(H,20,21)/t13-,14?/m0/s1. The molecule has 0 spiro atoms. The number of nitrogens with one attached hydrogen (secondary N) is 1. The predicted octanol–water partition coefficient (Wildman–Crippen LogP) is 1.83. The van der Waals surface area contributed by atoms with E-state index in [0.29, 0.717) is 19.4 Å². The first-order valence-corrected chi connectivity index (χ1v) is 9.15. The van der Waals surface area contributed by atoms with Crippen LogP contribution in [0.3, 0.4) is 0 Å². The van der Waals surface area contributed by atoms with Gasteiger partial charge in [0, 0.05) is 13.7 Å². The Balaban J connectivity index is 2.11. The third-order valence-electron chi connectivity index (χ3n) is 4.01. The molecule has 1 aromatic rings. The Labute approximate surface area is 135 Å². The summed E-state index contributed by atoms with van der Waals surface area (Å²) in [6.07, 6.45) is 2.07. The van der Waals surface area contributed by atoms with E-state index in [9.17, 15) is 19.4 Å². The van der Waals surface area contributed by atoms with Crippen molar-refractivity contribution in [2.45, 2.75) is 37.9 Å². The van der Waals surface area contributed by atoms with Crippen LogP contribution in [0.4, 0.5) is 0 Å². The summed E-state index contributed by atoms with van der Waals surface area (Å²) >= 11 is 0. The van der Waals surface area contributed by atoms with Crippen molar-refractivity contribution in [2.24, 2.45) is 0 Å². The van der Waals surface area contributed by atoms with Crippen LogP contribution >= 0.6 is 7.75 Å². The molecule has 128 valence electrons. The number of hydrogen-bond donors (Lipinski definition) is 3. The molecular formula is C15H23N2O5P. The molecule has 0 bridgehead atoms. The molecule has 1 heterocycles.